The Labute approximate surface area is 133 Å². The van der Waals surface area contributed by atoms with Crippen molar-refractivity contribution in [3.05, 3.63) is 52.9 Å². The summed E-state index contributed by atoms with van der Waals surface area (Å²) in [7, 11) is 0. The Kier molecular flexibility index (Phi) is 3.70. The summed E-state index contributed by atoms with van der Waals surface area (Å²) in [6, 6.07) is 8.99. The standard InChI is InChI=1S/C15H12BrF2N3O/c1-15(22,14(17)18)9-5-12-13(19-7-9)21(8-20-12)11-4-2-3-10(16)6-11/h2-8,14,22H,1H3. The molecule has 0 bridgehead atoms. The fourth-order valence-corrected chi connectivity index (χ4v) is 2.51. The van der Waals surface area contributed by atoms with E-state index in [1.165, 1.54) is 12.3 Å². The summed E-state index contributed by atoms with van der Waals surface area (Å²) in [4.78, 5) is 8.38. The Morgan fingerprint density at radius 1 is 1.27 bits per heavy atom. The van der Waals surface area contributed by atoms with E-state index in [9.17, 15) is 13.9 Å². The minimum Gasteiger partial charge on any atom is -0.379 e. The first-order chi connectivity index (χ1) is 10.4. The maximum Gasteiger partial charge on any atom is 0.270 e. The SMILES string of the molecule is CC(O)(c1cnc2c(c1)ncn2-c1cccc(Br)c1)C(F)F. The summed E-state index contributed by atoms with van der Waals surface area (Å²) in [6.07, 6.45) is -0.0794. The van der Waals surface area contributed by atoms with Gasteiger partial charge in [-0.3, -0.25) is 4.57 Å². The minimum atomic E-state index is -2.90. The van der Waals surface area contributed by atoms with Crippen LogP contribution in [0.1, 0.15) is 12.5 Å². The monoisotopic (exact) mass is 367 g/mol. The molecular formula is C15H12BrF2N3O. The number of benzene rings is 1. The number of aliphatic hydroxyl groups is 1. The topological polar surface area (TPSA) is 50.9 Å². The van der Waals surface area contributed by atoms with Crippen molar-refractivity contribution >= 4 is 27.1 Å². The molecule has 3 rings (SSSR count). The number of alkyl halides is 2. The van der Waals surface area contributed by atoms with Crippen LogP contribution in [0.15, 0.2) is 47.3 Å². The zero-order chi connectivity index (χ0) is 15.9. The molecule has 1 N–H and O–H groups in total. The number of hydrogen-bond donors (Lipinski definition) is 1. The molecule has 0 aliphatic rings. The van der Waals surface area contributed by atoms with E-state index in [0.717, 1.165) is 17.1 Å². The first kappa shape index (κ1) is 15.1. The van der Waals surface area contributed by atoms with Crippen LogP contribution >= 0.6 is 15.9 Å². The summed E-state index contributed by atoms with van der Waals surface area (Å²) in [6.45, 7) is 1.06. The van der Waals surface area contributed by atoms with Crippen molar-refractivity contribution in [2.45, 2.75) is 19.0 Å². The Balaban J connectivity index is 2.11. The van der Waals surface area contributed by atoms with Gasteiger partial charge in [0.15, 0.2) is 5.65 Å². The molecule has 7 heteroatoms. The first-order valence-corrected chi connectivity index (χ1v) is 7.29. The first-order valence-electron chi connectivity index (χ1n) is 6.49. The molecule has 2 heterocycles. The third-order valence-corrected chi connectivity index (χ3v) is 3.98. The molecule has 0 spiro atoms. The Morgan fingerprint density at radius 3 is 2.73 bits per heavy atom. The second-order valence-electron chi connectivity index (χ2n) is 5.11. The lowest BCUT2D eigenvalue weighted by molar-refractivity contribution is -0.0884. The molecule has 114 valence electrons. The summed E-state index contributed by atoms with van der Waals surface area (Å²) in [5.41, 5.74) is -0.390. The van der Waals surface area contributed by atoms with Crippen molar-refractivity contribution in [1.82, 2.24) is 14.5 Å². The van der Waals surface area contributed by atoms with Crippen LogP contribution in [-0.2, 0) is 5.60 Å². The average Bonchev–Trinajstić information content (AvgIpc) is 2.90. The van der Waals surface area contributed by atoms with Crippen LogP contribution in [0, 0.1) is 0 Å². The van der Waals surface area contributed by atoms with Crippen molar-refractivity contribution in [3.8, 4) is 5.69 Å². The second-order valence-corrected chi connectivity index (χ2v) is 6.03. The highest BCUT2D eigenvalue weighted by molar-refractivity contribution is 9.10. The molecule has 0 fully saturated rings. The largest absolute Gasteiger partial charge is 0.379 e. The Morgan fingerprint density at radius 2 is 2.05 bits per heavy atom. The molecule has 0 saturated heterocycles. The number of fused-ring (bicyclic) bond motifs is 1. The highest BCUT2D eigenvalue weighted by Crippen LogP contribution is 2.29. The van der Waals surface area contributed by atoms with E-state index in [2.05, 4.69) is 25.9 Å². The van der Waals surface area contributed by atoms with Gasteiger partial charge in [-0.2, -0.15) is 0 Å². The third kappa shape index (κ3) is 2.50. The lowest BCUT2D eigenvalue weighted by atomic mass is 9.98. The lowest BCUT2D eigenvalue weighted by Crippen LogP contribution is -2.30. The van der Waals surface area contributed by atoms with Crippen molar-refractivity contribution in [2.75, 3.05) is 0 Å². The minimum absolute atomic E-state index is 0.0366. The average molecular weight is 368 g/mol. The third-order valence-electron chi connectivity index (χ3n) is 3.48. The zero-order valence-corrected chi connectivity index (χ0v) is 13.1. The van der Waals surface area contributed by atoms with Gasteiger partial charge in [0.1, 0.15) is 17.4 Å². The highest BCUT2D eigenvalue weighted by atomic mass is 79.9. The van der Waals surface area contributed by atoms with E-state index in [1.54, 1.807) is 10.9 Å². The van der Waals surface area contributed by atoms with Gasteiger partial charge in [0, 0.05) is 21.9 Å². The number of pyridine rings is 1. The van der Waals surface area contributed by atoms with Crippen LogP contribution in [0.2, 0.25) is 0 Å². The number of rotatable bonds is 3. The Bertz CT molecular complexity index is 833. The number of imidazole rings is 1. The smallest absolute Gasteiger partial charge is 0.270 e. The molecule has 1 unspecified atom stereocenters. The van der Waals surface area contributed by atoms with Gasteiger partial charge in [-0.15, -0.1) is 0 Å². The van der Waals surface area contributed by atoms with E-state index in [0.29, 0.717) is 11.2 Å². The summed E-state index contributed by atoms with van der Waals surface area (Å²) in [5.74, 6) is 0. The van der Waals surface area contributed by atoms with Crippen molar-refractivity contribution in [2.24, 2.45) is 0 Å². The molecule has 2 aromatic heterocycles. The maximum absolute atomic E-state index is 12.9. The molecule has 1 aromatic carbocycles. The molecule has 0 aliphatic heterocycles. The van der Waals surface area contributed by atoms with E-state index < -0.39 is 12.0 Å². The van der Waals surface area contributed by atoms with E-state index in [1.807, 2.05) is 24.3 Å². The van der Waals surface area contributed by atoms with Gasteiger partial charge in [0.25, 0.3) is 6.43 Å². The van der Waals surface area contributed by atoms with Crippen LogP contribution in [0.4, 0.5) is 8.78 Å². The maximum atomic E-state index is 12.9. The molecule has 0 aliphatic carbocycles. The number of halogens is 3. The zero-order valence-electron chi connectivity index (χ0n) is 11.5. The lowest BCUT2D eigenvalue weighted by Gasteiger charge is -2.22. The van der Waals surface area contributed by atoms with Crippen LogP contribution in [-0.4, -0.2) is 26.1 Å². The molecule has 22 heavy (non-hydrogen) atoms. The van der Waals surface area contributed by atoms with Gasteiger partial charge in [0.2, 0.25) is 0 Å². The number of hydrogen-bond acceptors (Lipinski definition) is 3. The predicted molar refractivity (Wildman–Crippen MR) is 82.1 cm³/mol. The van der Waals surface area contributed by atoms with E-state index in [-0.39, 0.29) is 5.56 Å². The molecule has 0 amide bonds. The predicted octanol–water partition coefficient (Wildman–Crippen LogP) is 3.66. The van der Waals surface area contributed by atoms with Gasteiger partial charge in [-0.05, 0) is 31.2 Å². The summed E-state index contributed by atoms with van der Waals surface area (Å²) < 4.78 is 28.5. The van der Waals surface area contributed by atoms with Crippen molar-refractivity contribution in [3.63, 3.8) is 0 Å². The fourth-order valence-electron chi connectivity index (χ4n) is 2.12. The molecule has 1 atom stereocenters. The molecule has 0 saturated carbocycles. The molecule has 3 aromatic rings. The fraction of sp³-hybridized carbons (Fsp3) is 0.200. The normalized spacial score (nSPS) is 14.5. The van der Waals surface area contributed by atoms with Gasteiger partial charge in [-0.1, -0.05) is 22.0 Å². The Hall–Kier alpha value is -1.86. The van der Waals surface area contributed by atoms with Gasteiger partial charge < -0.3 is 5.11 Å². The van der Waals surface area contributed by atoms with Gasteiger partial charge in [0.05, 0.1) is 0 Å². The van der Waals surface area contributed by atoms with E-state index in [4.69, 9.17) is 0 Å². The van der Waals surface area contributed by atoms with Crippen LogP contribution < -0.4 is 0 Å². The number of aromatic nitrogens is 3. The number of nitrogens with zero attached hydrogens (tertiary/aromatic N) is 3. The van der Waals surface area contributed by atoms with Crippen LogP contribution in [0.3, 0.4) is 0 Å². The molecule has 4 nitrogen and oxygen atoms in total. The second kappa shape index (κ2) is 5.40. The van der Waals surface area contributed by atoms with Crippen molar-refractivity contribution in [1.29, 1.82) is 0 Å². The van der Waals surface area contributed by atoms with Crippen LogP contribution in [0.5, 0.6) is 0 Å². The van der Waals surface area contributed by atoms with Gasteiger partial charge in [-0.25, -0.2) is 18.7 Å². The van der Waals surface area contributed by atoms with Crippen molar-refractivity contribution < 1.29 is 13.9 Å². The molecule has 0 radical (unpaired) electrons. The quantitative estimate of drug-likeness (QED) is 0.768. The van der Waals surface area contributed by atoms with Gasteiger partial charge >= 0.3 is 0 Å². The van der Waals surface area contributed by atoms with E-state index >= 15 is 0 Å². The molecular weight excluding hydrogens is 356 g/mol. The summed E-state index contributed by atoms with van der Waals surface area (Å²) in [5, 5.41) is 9.85. The summed E-state index contributed by atoms with van der Waals surface area (Å²) >= 11 is 3.39. The highest BCUT2D eigenvalue weighted by Gasteiger charge is 2.35. The van der Waals surface area contributed by atoms with Crippen LogP contribution in [0.25, 0.3) is 16.9 Å².